The summed E-state index contributed by atoms with van der Waals surface area (Å²) >= 11 is 1.08. The molecule has 0 spiro atoms. The molecule has 104 valence electrons. The molecule has 0 aliphatic rings. The molecule has 0 unspecified atom stereocenters. The first-order valence-electron chi connectivity index (χ1n) is 5.53. The maximum atomic E-state index is 12.0. The molecule has 0 bridgehead atoms. The fourth-order valence-electron chi connectivity index (χ4n) is 1.23. The van der Waals surface area contributed by atoms with Crippen molar-refractivity contribution in [1.29, 1.82) is 0 Å². The van der Waals surface area contributed by atoms with E-state index in [0.717, 1.165) is 29.2 Å². The van der Waals surface area contributed by atoms with Gasteiger partial charge in [0, 0.05) is 11.4 Å². The highest BCUT2D eigenvalue weighted by Gasteiger charge is 2.18. The largest absolute Gasteiger partial charge is 0.312 e. The molecule has 1 aromatic rings. The number of hydrogen-bond acceptors (Lipinski definition) is 4. The van der Waals surface area contributed by atoms with E-state index in [0.29, 0.717) is 6.54 Å². The summed E-state index contributed by atoms with van der Waals surface area (Å²) in [6, 6.07) is 3.12. The van der Waals surface area contributed by atoms with Crippen LogP contribution in [0.15, 0.2) is 16.3 Å². The van der Waals surface area contributed by atoms with Crippen LogP contribution in [0.1, 0.15) is 18.2 Å². The zero-order valence-electron chi connectivity index (χ0n) is 9.95. The Hall–Kier alpha value is -0.570. The minimum atomic E-state index is -3.80. The molecule has 1 rings (SSSR count). The van der Waals surface area contributed by atoms with Gasteiger partial charge in [-0.05, 0) is 25.1 Å². The van der Waals surface area contributed by atoms with Gasteiger partial charge in [-0.15, -0.1) is 11.3 Å². The van der Waals surface area contributed by atoms with Gasteiger partial charge in [0.25, 0.3) is 6.43 Å². The number of nitrogens with one attached hydrogen (secondary N) is 2. The Balaban J connectivity index is 2.60. The van der Waals surface area contributed by atoms with E-state index in [1.165, 1.54) is 6.07 Å². The molecule has 0 amide bonds. The molecule has 0 saturated heterocycles. The molecule has 0 aromatic carbocycles. The van der Waals surface area contributed by atoms with Gasteiger partial charge in [0.1, 0.15) is 4.21 Å². The van der Waals surface area contributed by atoms with Crippen molar-refractivity contribution < 1.29 is 17.2 Å². The topological polar surface area (TPSA) is 58.2 Å². The number of alkyl halides is 2. The van der Waals surface area contributed by atoms with Crippen LogP contribution >= 0.6 is 11.3 Å². The minimum Gasteiger partial charge on any atom is -0.312 e. The van der Waals surface area contributed by atoms with E-state index in [4.69, 9.17) is 0 Å². The van der Waals surface area contributed by atoms with Crippen LogP contribution in [0.25, 0.3) is 0 Å². The summed E-state index contributed by atoms with van der Waals surface area (Å²) in [5, 5.41) is 3.14. The Morgan fingerprint density at radius 2 is 2.11 bits per heavy atom. The van der Waals surface area contributed by atoms with E-state index < -0.39 is 23.0 Å². The molecule has 0 aliphatic heterocycles. The van der Waals surface area contributed by atoms with Crippen molar-refractivity contribution >= 4 is 21.4 Å². The summed E-state index contributed by atoms with van der Waals surface area (Å²) in [6.07, 6.45) is -1.70. The first-order chi connectivity index (χ1) is 8.45. The van der Waals surface area contributed by atoms with Crippen molar-refractivity contribution in [3.63, 3.8) is 0 Å². The van der Waals surface area contributed by atoms with Crippen molar-refractivity contribution in [2.24, 2.45) is 0 Å². The van der Waals surface area contributed by atoms with Crippen LogP contribution < -0.4 is 10.0 Å². The Morgan fingerprint density at radius 1 is 1.39 bits per heavy atom. The molecular weight excluding hydrogens is 282 g/mol. The molecule has 2 N–H and O–H groups in total. The SMILES string of the molecule is CCCNCc1ccc(S(=O)(=O)NCC(F)F)s1. The number of sulfonamides is 1. The van der Waals surface area contributed by atoms with Crippen LogP contribution in [0.2, 0.25) is 0 Å². The molecule has 0 fully saturated rings. The van der Waals surface area contributed by atoms with E-state index in [9.17, 15) is 17.2 Å². The Bertz CT molecular complexity index is 460. The minimum absolute atomic E-state index is 0.0662. The molecule has 0 saturated carbocycles. The quantitative estimate of drug-likeness (QED) is 0.719. The monoisotopic (exact) mass is 298 g/mol. The highest BCUT2D eigenvalue weighted by Crippen LogP contribution is 2.21. The van der Waals surface area contributed by atoms with Crippen LogP contribution in [0, 0.1) is 0 Å². The second kappa shape index (κ2) is 7.13. The lowest BCUT2D eigenvalue weighted by Crippen LogP contribution is -2.28. The zero-order chi connectivity index (χ0) is 13.6. The smallest absolute Gasteiger partial charge is 0.251 e. The second-order valence-electron chi connectivity index (χ2n) is 3.64. The number of hydrogen-bond donors (Lipinski definition) is 2. The van der Waals surface area contributed by atoms with Crippen molar-refractivity contribution in [3.05, 3.63) is 17.0 Å². The lowest BCUT2D eigenvalue weighted by atomic mass is 10.4. The van der Waals surface area contributed by atoms with E-state index in [-0.39, 0.29) is 4.21 Å². The number of halogens is 2. The average molecular weight is 298 g/mol. The normalized spacial score (nSPS) is 12.2. The van der Waals surface area contributed by atoms with Crippen LogP contribution in [0.4, 0.5) is 8.78 Å². The highest BCUT2D eigenvalue weighted by atomic mass is 32.2. The lowest BCUT2D eigenvalue weighted by Gasteiger charge is -2.03. The summed E-state index contributed by atoms with van der Waals surface area (Å²) in [6.45, 7) is 2.61. The third kappa shape index (κ3) is 4.97. The van der Waals surface area contributed by atoms with E-state index in [2.05, 4.69) is 5.32 Å². The predicted octanol–water partition coefficient (Wildman–Crippen LogP) is 1.79. The molecule has 4 nitrogen and oxygen atoms in total. The summed E-state index contributed by atoms with van der Waals surface area (Å²) in [4.78, 5) is 0.862. The standard InChI is InChI=1S/C10H16F2N2O2S2/c1-2-5-13-6-8-3-4-10(17-8)18(15,16)14-7-9(11)12/h3-4,9,13-14H,2,5-7H2,1H3. The maximum Gasteiger partial charge on any atom is 0.251 e. The third-order valence-electron chi connectivity index (χ3n) is 2.06. The fourth-order valence-corrected chi connectivity index (χ4v) is 3.61. The molecule has 0 aliphatic carbocycles. The molecule has 0 radical (unpaired) electrons. The van der Waals surface area contributed by atoms with Crippen LogP contribution in [-0.4, -0.2) is 27.9 Å². The maximum absolute atomic E-state index is 12.0. The fraction of sp³-hybridized carbons (Fsp3) is 0.600. The molecule has 18 heavy (non-hydrogen) atoms. The van der Waals surface area contributed by atoms with Gasteiger partial charge in [-0.2, -0.15) is 0 Å². The van der Waals surface area contributed by atoms with Crippen molar-refractivity contribution in [3.8, 4) is 0 Å². The van der Waals surface area contributed by atoms with E-state index in [1.807, 2.05) is 11.6 Å². The average Bonchev–Trinajstić information content (AvgIpc) is 2.76. The molecular formula is C10H16F2N2O2S2. The van der Waals surface area contributed by atoms with Crippen molar-refractivity contribution in [1.82, 2.24) is 10.0 Å². The summed E-state index contributed by atoms with van der Waals surface area (Å²) in [7, 11) is -3.80. The van der Waals surface area contributed by atoms with Gasteiger partial charge in [-0.1, -0.05) is 6.92 Å². The van der Waals surface area contributed by atoms with Crippen LogP contribution in [0.3, 0.4) is 0 Å². The zero-order valence-corrected chi connectivity index (χ0v) is 11.6. The van der Waals surface area contributed by atoms with Gasteiger partial charge in [-0.3, -0.25) is 0 Å². The Labute approximate surface area is 109 Å². The van der Waals surface area contributed by atoms with Gasteiger partial charge < -0.3 is 5.32 Å². The summed E-state index contributed by atoms with van der Waals surface area (Å²) < 4.78 is 49.1. The van der Waals surface area contributed by atoms with Crippen molar-refractivity contribution in [2.45, 2.75) is 30.5 Å². The first-order valence-corrected chi connectivity index (χ1v) is 7.83. The number of rotatable bonds is 8. The number of thiophene rings is 1. The third-order valence-corrected chi connectivity index (χ3v) is 5.06. The van der Waals surface area contributed by atoms with Gasteiger partial charge in [0.15, 0.2) is 0 Å². The second-order valence-corrected chi connectivity index (χ2v) is 6.80. The summed E-state index contributed by atoms with van der Waals surface area (Å²) in [5.74, 6) is 0. The molecule has 8 heteroatoms. The molecule has 0 atom stereocenters. The molecule has 1 aromatic heterocycles. The lowest BCUT2D eigenvalue weighted by molar-refractivity contribution is 0.153. The van der Waals surface area contributed by atoms with Gasteiger partial charge in [-0.25, -0.2) is 21.9 Å². The van der Waals surface area contributed by atoms with Gasteiger partial charge >= 0.3 is 0 Å². The Morgan fingerprint density at radius 3 is 2.72 bits per heavy atom. The van der Waals surface area contributed by atoms with Gasteiger partial charge in [0.05, 0.1) is 6.54 Å². The van der Waals surface area contributed by atoms with E-state index >= 15 is 0 Å². The van der Waals surface area contributed by atoms with Crippen molar-refractivity contribution in [2.75, 3.05) is 13.1 Å². The summed E-state index contributed by atoms with van der Waals surface area (Å²) in [5.41, 5.74) is 0. The van der Waals surface area contributed by atoms with Crippen LogP contribution in [-0.2, 0) is 16.6 Å². The Kier molecular flexibility index (Phi) is 6.13. The highest BCUT2D eigenvalue weighted by molar-refractivity contribution is 7.91. The first kappa shape index (κ1) is 15.5. The predicted molar refractivity (Wildman–Crippen MR) is 67.5 cm³/mol. The van der Waals surface area contributed by atoms with Gasteiger partial charge in [0.2, 0.25) is 10.0 Å². The molecule has 1 heterocycles. The van der Waals surface area contributed by atoms with Crippen LogP contribution in [0.5, 0.6) is 0 Å². The van der Waals surface area contributed by atoms with E-state index in [1.54, 1.807) is 6.07 Å².